The number of anilines is 4. The topological polar surface area (TPSA) is 149 Å². The van der Waals surface area contributed by atoms with Crippen molar-refractivity contribution < 1.29 is 59.7 Å². The van der Waals surface area contributed by atoms with Gasteiger partial charge in [0.2, 0.25) is 16.7 Å². The van der Waals surface area contributed by atoms with Gasteiger partial charge in [-0.15, -0.1) is 42.3 Å². The van der Waals surface area contributed by atoms with Gasteiger partial charge < -0.3 is 15.2 Å². The molecule has 7 aromatic rings. The van der Waals surface area contributed by atoms with Crippen molar-refractivity contribution in [2.45, 2.75) is 4.90 Å². The largest absolute Gasteiger partial charge is 1.00 e. The van der Waals surface area contributed by atoms with Crippen molar-refractivity contribution in [1.82, 2.24) is 4.98 Å². The number of fused-ring (bicyclic) bond motifs is 4. The maximum absolute atomic E-state index is 12.5. The zero-order valence-electron chi connectivity index (χ0n) is 24.8. The summed E-state index contributed by atoms with van der Waals surface area (Å²) in [4.78, 5) is 4.59. The Labute approximate surface area is 293 Å². The van der Waals surface area contributed by atoms with Crippen LogP contribution in [-0.4, -0.2) is 30.6 Å². The summed E-state index contributed by atoms with van der Waals surface area (Å²) < 4.78 is 64.9. The van der Waals surface area contributed by atoms with Crippen molar-refractivity contribution in [3.63, 3.8) is 0 Å². The van der Waals surface area contributed by atoms with Gasteiger partial charge in [-0.2, -0.15) is 4.57 Å². The number of aromatic nitrogens is 2. The molecule has 0 fully saturated rings. The van der Waals surface area contributed by atoms with Crippen LogP contribution in [0.4, 0.5) is 22.7 Å². The monoisotopic (exact) mass is 670 g/mol. The Balaban J connectivity index is 0.000000822. The Morgan fingerprint density at radius 2 is 1.23 bits per heavy atom. The summed E-state index contributed by atoms with van der Waals surface area (Å²) in [6, 6.07) is 42.9. The Morgan fingerprint density at radius 3 is 1.81 bits per heavy atom. The number of nitrogens with one attached hydrogen (secondary N) is 2. The summed E-state index contributed by atoms with van der Waals surface area (Å²) in [6.07, 6.45) is 0. The van der Waals surface area contributed by atoms with Crippen LogP contribution in [0.2, 0.25) is 0 Å². The van der Waals surface area contributed by atoms with Crippen molar-refractivity contribution in [3.8, 4) is 5.69 Å². The van der Waals surface area contributed by atoms with Gasteiger partial charge in [-0.3, -0.25) is 0 Å². The first kappa shape index (κ1) is 33.7. The second kappa shape index (κ2) is 14.4. The molecule has 0 bridgehead atoms. The molecule has 7 rings (SSSR count). The van der Waals surface area contributed by atoms with E-state index in [-0.39, 0.29) is 40.1 Å². The normalized spacial score (nSPS) is 10.9. The molecule has 2 N–H and O–H groups in total. The maximum Gasteiger partial charge on any atom is 1.00 e. The third-order valence-electron chi connectivity index (χ3n) is 7.08. The fourth-order valence-electron chi connectivity index (χ4n) is 5.25. The molecule has 0 spiro atoms. The van der Waals surface area contributed by atoms with Gasteiger partial charge in [0.25, 0.3) is 0 Å². The van der Waals surface area contributed by atoms with E-state index in [1.807, 2.05) is 108 Å². The number of hydrogen-bond donors (Lipinski definition) is 2. The van der Waals surface area contributed by atoms with Gasteiger partial charge in [0.05, 0.1) is 10.6 Å². The van der Waals surface area contributed by atoms with Gasteiger partial charge in [-0.05, 0) is 42.1 Å². The average molecular weight is 671 g/mol. The molecule has 1 aromatic heterocycles. The third kappa shape index (κ3) is 7.49. The Kier molecular flexibility index (Phi) is 10.3. The molecule has 0 atom stereocenters. The molecule has 1 heterocycles. The molecule has 228 valence electrons. The number of rotatable bonds is 6. The number of para-hydroxylation sites is 3. The molecule has 0 saturated carbocycles. The fraction of sp³-hybridized carbons (Fsp3) is 0. The van der Waals surface area contributed by atoms with Gasteiger partial charge in [-0.25, -0.2) is 13.4 Å². The van der Waals surface area contributed by atoms with E-state index in [0.29, 0.717) is 22.2 Å². The van der Waals surface area contributed by atoms with Crippen LogP contribution < -0.4 is 44.8 Å². The third-order valence-corrected chi connectivity index (χ3v) is 7.96. The van der Waals surface area contributed by atoms with Gasteiger partial charge in [-0.1, -0.05) is 60.0 Å². The smallest absolute Gasteiger partial charge is 0.744 e. The van der Waals surface area contributed by atoms with Crippen LogP contribution in [0.15, 0.2) is 132 Å². The molecule has 47 heavy (non-hydrogen) atoms. The molecule has 0 amide bonds. The summed E-state index contributed by atoms with van der Waals surface area (Å²) in [5, 5.41) is 8.33. The Bertz CT molecular complexity index is 2450. The Hall–Kier alpha value is -4.69. The van der Waals surface area contributed by atoms with E-state index in [2.05, 4.69) is 16.7 Å². The summed E-state index contributed by atoms with van der Waals surface area (Å²) in [5.74, 6) is 0. The first-order valence-corrected chi connectivity index (χ1v) is 16.2. The van der Waals surface area contributed by atoms with Crippen molar-refractivity contribution in [3.05, 3.63) is 133 Å². The first-order chi connectivity index (χ1) is 22.2. The molecule has 0 aliphatic rings. The molecule has 13 heteroatoms. The summed E-state index contributed by atoms with van der Waals surface area (Å²) >= 11 is 0. The standard InChI is InChI=1S/C34H23N4O3S.Na.O3S/c39-42(40,41)33-22-29-31(21-30(33)36-24-14-6-2-7-15-24)38(25-16-8-3-9-17-25)32-20-28(35-23-12-4-1-5-13-23)26-18-10-11-19-27(26)34(32)37-29;;1-4(2)3/h1-17,19-22H,(H2,35,36,39,40,41);;/q-1;+1;. The van der Waals surface area contributed by atoms with E-state index < -0.39 is 20.7 Å². The molecule has 0 unspecified atom stereocenters. The second-order valence-corrected chi connectivity index (χ2v) is 11.8. The van der Waals surface area contributed by atoms with Gasteiger partial charge in [0.1, 0.15) is 21.2 Å². The van der Waals surface area contributed by atoms with Crippen LogP contribution in [0.1, 0.15) is 0 Å². The van der Waals surface area contributed by atoms with Crippen LogP contribution in [0, 0.1) is 6.07 Å². The van der Waals surface area contributed by atoms with E-state index in [0.717, 1.165) is 33.4 Å². The van der Waals surface area contributed by atoms with Crippen LogP contribution in [0.5, 0.6) is 0 Å². The summed E-state index contributed by atoms with van der Waals surface area (Å²) in [5.41, 5.74) is 5.88. The molecule has 0 radical (unpaired) electrons. The van der Waals surface area contributed by atoms with Crippen LogP contribution in [0.25, 0.3) is 38.5 Å². The van der Waals surface area contributed by atoms with Crippen molar-refractivity contribution in [2.75, 3.05) is 10.6 Å². The molecule has 0 aliphatic heterocycles. The molecule has 0 saturated heterocycles. The van der Waals surface area contributed by atoms with Crippen molar-refractivity contribution in [1.29, 1.82) is 0 Å². The minimum absolute atomic E-state index is 0. The van der Waals surface area contributed by atoms with Gasteiger partial charge in [0.15, 0.2) is 0 Å². The first-order valence-electron chi connectivity index (χ1n) is 13.8. The Morgan fingerprint density at radius 1 is 0.702 bits per heavy atom. The van der Waals surface area contributed by atoms with Gasteiger partial charge >= 0.3 is 40.2 Å². The molecule has 10 nitrogen and oxygen atoms in total. The van der Waals surface area contributed by atoms with E-state index in [1.165, 1.54) is 6.07 Å². The molecular formula is C34H23N4NaO6S2. The van der Waals surface area contributed by atoms with Crippen LogP contribution >= 0.6 is 0 Å². The van der Waals surface area contributed by atoms with E-state index in [4.69, 9.17) is 17.6 Å². The van der Waals surface area contributed by atoms with Crippen molar-refractivity contribution >= 4 is 76.3 Å². The predicted octanol–water partition coefficient (Wildman–Crippen LogP) is 3.01. The predicted molar refractivity (Wildman–Crippen MR) is 174 cm³/mol. The molecular weight excluding hydrogens is 648 g/mol. The summed E-state index contributed by atoms with van der Waals surface area (Å²) in [7, 11) is -7.95. The number of hydrogen-bond acceptors (Lipinski definition) is 9. The van der Waals surface area contributed by atoms with Gasteiger partial charge in [0, 0.05) is 29.6 Å². The summed E-state index contributed by atoms with van der Waals surface area (Å²) in [6.45, 7) is 0. The van der Waals surface area contributed by atoms with Crippen LogP contribution in [0.3, 0.4) is 0 Å². The second-order valence-electron chi connectivity index (χ2n) is 10.0. The molecule has 6 aromatic carbocycles. The zero-order chi connectivity index (χ0) is 32.3. The van der Waals surface area contributed by atoms with Crippen LogP contribution in [-0.2, 0) is 20.7 Å². The fourth-order valence-corrected chi connectivity index (χ4v) is 5.88. The number of benzene rings is 6. The molecule has 0 aliphatic carbocycles. The quantitative estimate of drug-likeness (QED) is 0.0680. The van der Waals surface area contributed by atoms with Crippen molar-refractivity contribution in [2.24, 2.45) is 0 Å². The van der Waals surface area contributed by atoms with E-state index in [9.17, 15) is 13.0 Å². The van der Waals surface area contributed by atoms with E-state index >= 15 is 0 Å². The number of nitrogens with zero attached hydrogens (tertiary/aromatic N) is 2. The minimum atomic E-state index is -4.84. The SMILES string of the molecule is O=S(=O)([O-])c1cc2nc3c4ccc[c-]c4c(Nc4ccccc4)cc3[n+](-c3ccccc3)c2cc1Nc1ccccc1.O=S(=O)=O.[Na+]. The zero-order valence-corrected chi connectivity index (χ0v) is 28.4. The average Bonchev–Trinajstić information content (AvgIpc) is 3.04. The maximum atomic E-state index is 12.5. The van der Waals surface area contributed by atoms with E-state index in [1.54, 1.807) is 18.2 Å². The minimum Gasteiger partial charge on any atom is -0.744 e.